The Morgan fingerprint density at radius 1 is 1.13 bits per heavy atom. The largest absolute Gasteiger partial charge is 0.396 e. The fourth-order valence-electron chi connectivity index (χ4n) is 3.84. The van der Waals surface area contributed by atoms with Crippen molar-refractivity contribution in [3.63, 3.8) is 0 Å². The highest BCUT2D eigenvalue weighted by atomic mass is 19.2. The fourth-order valence-corrected chi connectivity index (χ4v) is 3.84. The lowest BCUT2D eigenvalue weighted by molar-refractivity contribution is 0.0673. The fraction of sp³-hybridized carbons (Fsp3) is 0.217. The van der Waals surface area contributed by atoms with Crippen LogP contribution < -0.4 is 5.56 Å². The lowest BCUT2D eigenvalue weighted by Crippen LogP contribution is -2.35. The van der Waals surface area contributed by atoms with Gasteiger partial charge in [-0.25, -0.2) is 8.78 Å². The van der Waals surface area contributed by atoms with E-state index in [0.29, 0.717) is 17.7 Å². The van der Waals surface area contributed by atoms with Gasteiger partial charge in [-0.1, -0.05) is 18.2 Å². The summed E-state index contributed by atoms with van der Waals surface area (Å²) in [6, 6.07) is 10.5. The zero-order chi connectivity index (χ0) is 22.1. The van der Waals surface area contributed by atoms with Crippen molar-refractivity contribution < 1.29 is 18.7 Å². The molecule has 0 aliphatic heterocycles. The average molecular weight is 425 g/mol. The molecule has 1 atom stereocenters. The van der Waals surface area contributed by atoms with Crippen molar-refractivity contribution in [2.45, 2.75) is 19.4 Å². The van der Waals surface area contributed by atoms with Crippen LogP contribution in [0.3, 0.4) is 0 Å². The number of carbonyl (C=O) groups is 1. The normalized spacial score (nSPS) is 12.4. The number of para-hydroxylation sites is 1. The number of pyridine rings is 1. The minimum absolute atomic E-state index is 0.00317. The van der Waals surface area contributed by atoms with E-state index in [4.69, 9.17) is 0 Å². The van der Waals surface area contributed by atoms with Crippen LogP contribution in [0.4, 0.5) is 8.78 Å². The molecule has 0 saturated carbocycles. The van der Waals surface area contributed by atoms with Gasteiger partial charge in [0.15, 0.2) is 11.6 Å². The first-order valence-corrected chi connectivity index (χ1v) is 9.90. The van der Waals surface area contributed by atoms with E-state index in [1.807, 2.05) is 24.3 Å². The zero-order valence-corrected chi connectivity index (χ0v) is 16.8. The lowest BCUT2D eigenvalue weighted by Gasteiger charge is -2.30. The van der Waals surface area contributed by atoms with Gasteiger partial charge >= 0.3 is 0 Å². The van der Waals surface area contributed by atoms with Crippen molar-refractivity contribution in [1.29, 1.82) is 0 Å². The smallest absolute Gasteiger partial charge is 0.270 e. The molecule has 4 aromatic rings. The van der Waals surface area contributed by atoms with E-state index in [0.717, 1.165) is 23.0 Å². The van der Waals surface area contributed by atoms with Crippen molar-refractivity contribution in [2.75, 3.05) is 13.2 Å². The standard InChI is InChI=1S/C23H21F2N3O3/c1-13(17-12-26-22(30)16-11-19(25)18(24)10-15(16)17)28(7-4-8-29)23(31)21-9-14-5-2-3-6-20(14)27-21/h2-3,5-6,9-13,27,29H,4,7-8H2,1H3,(H,26,30). The number of aliphatic hydroxyl groups is 1. The van der Waals surface area contributed by atoms with Crippen LogP contribution in [0.2, 0.25) is 0 Å². The Kier molecular flexibility index (Phi) is 5.56. The van der Waals surface area contributed by atoms with Gasteiger partial charge in [0.1, 0.15) is 5.69 Å². The highest BCUT2D eigenvalue weighted by Crippen LogP contribution is 2.29. The number of aliphatic hydroxyl groups excluding tert-OH is 1. The van der Waals surface area contributed by atoms with Crippen LogP contribution in [0, 0.1) is 11.6 Å². The summed E-state index contributed by atoms with van der Waals surface area (Å²) in [5.74, 6) is -2.50. The van der Waals surface area contributed by atoms with Gasteiger partial charge in [-0.3, -0.25) is 9.59 Å². The zero-order valence-electron chi connectivity index (χ0n) is 16.8. The maximum Gasteiger partial charge on any atom is 0.270 e. The van der Waals surface area contributed by atoms with Crippen LogP contribution >= 0.6 is 0 Å². The van der Waals surface area contributed by atoms with Crippen molar-refractivity contribution in [3.05, 3.63) is 81.9 Å². The number of rotatable bonds is 6. The lowest BCUT2D eigenvalue weighted by atomic mass is 10.0. The Labute approximate surface area is 176 Å². The quantitative estimate of drug-likeness (QED) is 0.438. The Hall–Kier alpha value is -3.52. The molecule has 8 heteroatoms. The predicted octanol–water partition coefficient (Wildman–Crippen LogP) is 3.87. The number of hydrogen-bond donors (Lipinski definition) is 3. The molecule has 0 spiro atoms. The van der Waals surface area contributed by atoms with Gasteiger partial charge in [0.2, 0.25) is 0 Å². The molecule has 160 valence electrons. The molecule has 31 heavy (non-hydrogen) atoms. The van der Waals surface area contributed by atoms with Crippen LogP contribution in [0.25, 0.3) is 21.7 Å². The van der Waals surface area contributed by atoms with Gasteiger partial charge in [-0.2, -0.15) is 0 Å². The number of fused-ring (bicyclic) bond motifs is 2. The number of amides is 1. The number of nitrogens with zero attached hydrogens (tertiary/aromatic N) is 1. The number of aromatic nitrogens is 2. The van der Waals surface area contributed by atoms with Crippen LogP contribution in [0.15, 0.2) is 53.5 Å². The van der Waals surface area contributed by atoms with E-state index >= 15 is 0 Å². The van der Waals surface area contributed by atoms with Crippen molar-refractivity contribution in [1.82, 2.24) is 14.9 Å². The molecule has 6 nitrogen and oxygen atoms in total. The number of H-pyrrole nitrogens is 2. The molecule has 0 saturated heterocycles. The molecule has 3 N–H and O–H groups in total. The average Bonchev–Trinajstić information content (AvgIpc) is 3.20. The Morgan fingerprint density at radius 3 is 2.55 bits per heavy atom. The Balaban J connectivity index is 1.79. The topological polar surface area (TPSA) is 89.2 Å². The number of nitrogens with one attached hydrogen (secondary N) is 2. The van der Waals surface area contributed by atoms with Gasteiger partial charge in [-0.15, -0.1) is 0 Å². The third kappa shape index (κ3) is 3.82. The third-order valence-electron chi connectivity index (χ3n) is 5.47. The van der Waals surface area contributed by atoms with E-state index in [1.54, 1.807) is 13.0 Å². The summed E-state index contributed by atoms with van der Waals surface area (Å²) in [6.45, 7) is 1.86. The molecule has 0 aliphatic rings. The highest BCUT2D eigenvalue weighted by Gasteiger charge is 2.26. The Morgan fingerprint density at radius 2 is 1.84 bits per heavy atom. The summed E-state index contributed by atoms with van der Waals surface area (Å²) < 4.78 is 27.7. The van der Waals surface area contributed by atoms with E-state index in [9.17, 15) is 23.5 Å². The van der Waals surface area contributed by atoms with Gasteiger partial charge in [0, 0.05) is 30.3 Å². The van der Waals surface area contributed by atoms with E-state index < -0.39 is 23.2 Å². The van der Waals surface area contributed by atoms with E-state index in [2.05, 4.69) is 9.97 Å². The molecule has 0 aliphatic carbocycles. The SMILES string of the molecule is CC(c1c[nH]c(=O)c2cc(F)c(F)cc12)N(CCCO)C(=O)c1cc2ccccc2[nH]1. The van der Waals surface area contributed by atoms with E-state index in [-0.39, 0.29) is 29.8 Å². The predicted molar refractivity (Wildman–Crippen MR) is 114 cm³/mol. The molecule has 4 rings (SSSR count). The second-order valence-electron chi connectivity index (χ2n) is 7.41. The molecule has 1 unspecified atom stereocenters. The van der Waals surface area contributed by atoms with Crippen molar-refractivity contribution in [2.24, 2.45) is 0 Å². The molecule has 1 amide bonds. The number of benzene rings is 2. The summed E-state index contributed by atoms with van der Waals surface area (Å²) >= 11 is 0. The van der Waals surface area contributed by atoms with E-state index in [1.165, 1.54) is 11.1 Å². The maximum absolute atomic E-state index is 14.0. The molecule has 2 heterocycles. The molecular weight excluding hydrogens is 404 g/mol. The highest BCUT2D eigenvalue weighted by molar-refractivity contribution is 5.98. The first-order chi connectivity index (χ1) is 14.9. The summed E-state index contributed by atoms with van der Waals surface area (Å²) in [5.41, 5.74) is 1.11. The molecule has 0 fully saturated rings. The second kappa shape index (κ2) is 8.31. The minimum atomic E-state index is -1.12. The summed E-state index contributed by atoms with van der Waals surface area (Å²) in [4.78, 5) is 32.7. The molecule has 0 radical (unpaired) electrons. The molecular formula is C23H21F2N3O3. The van der Waals surface area contributed by atoms with Crippen LogP contribution in [-0.2, 0) is 0 Å². The first kappa shape index (κ1) is 20.7. The summed E-state index contributed by atoms with van der Waals surface area (Å²) in [5, 5.41) is 10.4. The summed E-state index contributed by atoms with van der Waals surface area (Å²) in [6.07, 6.45) is 1.75. The van der Waals surface area contributed by atoms with Crippen LogP contribution in [0.5, 0.6) is 0 Å². The number of aromatic amines is 2. The van der Waals surface area contributed by atoms with Gasteiger partial charge < -0.3 is 20.0 Å². The number of carbonyl (C=O) groups excluding carboxylic acids is 1. The first-order valence-electron chi connectivity index (χ1n) is 9.90. The maximum atomic E-state index is 14.0. The van der Waals surface area contributed by atoms with Gasteiger partial charge in [-0.05, 0) is 48.6 Å². The number of halogens is 2. The monoisotopic (exact) mass is 425 g/mol. The van der Waals surface area contributed by atoms with Crippen molar-refractivity contribution >= 4 is 27.6 Å². The van der Waals surface area contributed by atoms with Crippen molar-refractivity contribution in [3.8, 4) is 0 Å². The Bertz CT molecular complexity index is 1300. The second-order valence-corrected chi connectivity index (χ2v) is 7.41. The van der Waals surface area contributed by atoms with Crippen LogP contribution in [-0.4, -0.2) is 39.0 Å². The molecule has 2 aromatic heterocycles. The summed E-state index contributed by atoms with van der Waals surface area (Å²) in [7, 11) is 0. The third-order valence-corrected chi connectivity index (χ3v) is 5.47. The minimum Gasteiger partial charge on any atom is -0.396 e. The molecule has 2 aromatic carbocycles. The number of hydrogen-bond acceptors (Lipinski definition) is 3. The van der Waals surface area contributed by atoms with Crippen LogP contribution in [0.1, 0.15) is 35.4 Å². The van der Waals surface area contributed by atoms with Gasteiger partial charge in [0.25, 0.3) is 11.5 Å². The van der Waals surface area contributed by atoms with Gasteiger partial charge in [0.05, 0.1) is 11.4 Å². The molecule has 0 bridgehead atoms.